The van der Waals surface area contributed by atoms with Crippen LogP contribution in [0.15, 0.2) is 54.6 Å². The lowest BCUT2D eigenvalue weighted by atomic mass is 10.0. The summed E-state index contributed by atoms with van der Waals surface area (Å²) >= 11 is 0. The van der Waals surface area contributed by atoms with Crippen LogP contribution in [0, 0.1) is 10.1 Å². The number of benzene rings is 2. The van der Waals surface area contributed by atoms with Crippen LogP contribution in [0.25, 0.3) is 0 Å². The van der Waals surface area contributed by atoms with Crippen LogP contribution in [0.3, 0.4) is 0 Å². The van der Waals surface area contributed by atoms with Gasteiger partial charge in [0.15, 0.2) is 0 Å². The first-order chi connectivity index (χ1) is 12.1. The normalized spacial score (nSPS) is 17.3. The molecule has 2 aromatic carbocycles. The van der Waals surface area contributed by atoms with Gasteiger partial charge in [-0.05, 0) is 44.0 Å². The Morgan fingerprint density at radius 2 is 1.76 bits per heavy atom. The lowest BCUT2D eigenvalue weighted by Gasteiger charge is -2.34. The van der Waals surface area contributed by atoms with Gasteiger partial charge < -0.3 is 5.32 Å². The number of rotatable bonds is 6. The fourth-order valence-electron chi connectivity index (χ4n) is 3.43. The molecular formula is C20H25N3O2. The Hall–Kier alpha value is -2.24. The first-order valence-corrected chi connectivity index (χ1v) is 8.88. The SMILES string of the molecule is CC(NC1CCN(Cc2ccccc2)CC1)c1ccc([N+](=O)[O-])cc1. The maximum Gasteiger partial charge on any atom is 0.269 e. The number of hydrogen-bond acceptors (Lipinski definition) is 4. The van der Waals surface area contributed by atoms with E-state index in [1.807, 2.05) is 12.1 Å². The summed E-state index contributed by atoms with van der Waals surface area (Å²) in [4.78, 5) is 12.9. The van der Waals surface area contributed by atoms with Crippen LogP contribution in [0.2, 0.25) is 0 Å². The van der Waals surface area contributed by atoms with Crippen molar-refractivity contribution in [3.8, 4) is 0 Å². The molecule has 1 atom stereocenters. The second kappa shape index (κ2) is 8.23. The first kappa shape index (κ1) is 17.6. The maximum atomic E-state index is 10.7. The van der Waals surface area contributed by atoms with Gasteiger partial charge in [0, 0.05) is 30.8 Å². The van der Waals surface area contributed by atoms with Crippen molar-refractivity contribution >= 4 is 5.69 Å². The van der Waals surface area contributed by atoms with Crippen molar-refractivity contribution in [3.63, 3.8) is 0 Å². The second-order valence-corrected chi connectivity index (χ2v) is 6.77. The van der Waals surface area contributed by atoms with E-state index in [1.54, 1.807) is 12.1 Å². The lowest BCUT2D eigenvalue weighted by molar-refractivity contribution is -0.384. The molecule has 1 saturated heterocycles. The zero-order chi connectivity index (χ0) is 17.6. The van der Waals surface area contributed by atoms with Gasteiger partial charge in [-0.2, -0.15) is 0 Å². The Bertz CT molecular complexity index is 680. The molecule has 1 aliphatic rings. The molecule has 5 heteroatoms. The number of nitro groups is 1. The van der Waals surface area contributed by atoms with Gasteiger partial charge in [0.1, 0.15) is 0 Å². The first-order valence-electron chi connectivity index (χ1n) is 8.88. The third-order valence-corrected chi connectivity index (χ3v) is 4.93. The number of likely N-dealkylation sites (tertiary alicyclic amines) is 1. The van der Waals surface area contributed by atoms with Crippen molar-refractivity contribution in [1.82, 2.24) is 10.2 Å². The Kier molecular flexibility index (Phi) is 5.79. The molecule has 2 aromatic rings. The molecule has 1 heterocycles. The molecular weight excluding hydrogens is 314 g/mol. The van der Waals surface area contributed by atoms with Crippen LogP contribution in [0.1, 0.15) is 36.9 Å². The van der Waals surface area contributed by atoms with Gasteiger partial charge in [-0.25, -0.2) is 0 Å². The standard InChI is InChI=1S/C20H25N3O2/c1-16(18-7-9-20(10-8-18)23(24)25)21-19-11-13-22(14-12-19)15-17-5-3-2-4-6-17/h2-10,16,19,21H,11-15H2,1H3. The van der Waals surface area contributed by atoms with E-state index in [-0.39, 0.29) is 16.7 Å². The van der Waals surface area contributed by atoms with Crippen LogP contribution in [-0.2, 0) is 6.54 Å². The summed E-state index contributed by atoms with van der Waals surface area (Å²) in [6.07, 6.45) is 2.26. The fraction of sp³-hybridized carbons (Fsp3) is 0.400. The van der Waals surface area contributed by atoms with Crippen LogP contribution in [-0.4, -0.2) is 29.0 Å². The van der Waals surface area contributed by atoms with Gasteiger partial charge in [-0.15, -0.1) is 0 Å². The average molecular weight is 339 g/mol. The maximum absolute atomic E-state index is 10.7. The molecule has 0 saturated carbocycles. The van der Waals surface area contributed by atoms with Crippen LogP contribution in [0.5, 0.6) is 0 Å². The Balaban J connectivity index is 1.47. The quantitative estimate of drug-likeness (QED) is 0.640. The zero-order valence-corrected chi connectivity index (χ0v) is 14.6. The van der Waals surface area contributed by atoms with Crippen molar-refractivity contribution < 1.29 is 4.92 Å². The molecule has 5 nitrogen and oxygen atoms in total. The van der Waals surface area contributed by atoms with Crippen molar-refractivity contribution in [1.29, 1.82) is 0 Å². The average Bonchev–Trinajstić information content (AvgIpc) is 2.64. The highest BCUT2D eigenvalue weighted by molar-refractivity contribution is 5.34. The van der Waals surface area contributed by atoms with E-state index >= 15 is 0 Å². The number of nitro benzene ring substituents is 1. The van der Waals surface area contributed by atoms with E-state index in [1.165, 1.54) is 5.56 Å². The Morgan fingerprint density at radius 1 is 1.12 bits per heavy atom. The largest absolute Gasteiger partial charge is 0.307 e. The van der Waals surface area contributed by atoms with Crippen LogP contribution in [0.4, 0.5) is 5.69 Å². The van der Waals surface area contributed by atoms with Gasteiger partial charge in [0.25, 0.3) is 5.69 Å². The van der Waals surface area contributed by atoms with Crippen molar-refractivity contribution in [2.45, 2.75) is 38.4 Å². The van der Waals surface area contributed by atoms with Crippen LogP contribution < -0.4 is 5.32 Å². The lowest BCUT2D eigenvalue weighted by Crippen LogP contribution is -2.42. The fourth-order valence-corrected chi connectivity index (χ4v) is 3.43. The minimum Gasteiger partial charge on any atom is -0.307 e. The Morgan fingerprint density at radius 3 is 2.36 bits per heavy atom. The summed E-state index contributed by atoms with van der Waals surface area (Å²) in [5.41, 5.74) is 2.61. The highest BCUT2D eigenvalue weighted by Gasteiger charge is 2.21. The number of nitrogens with zero attached hydrogens (tertiary/aromatic N) is 2. The minimum atomic E-state index is -0.357. The van der Waals surface area contributed by atoms with Gasteiger partial charge in [0.2, 0.25) is 0 Å². The summed E-state index contributed by atoms with van der Waals surface area (Å²) < 4.78 is 0. The van der Waals surface area contributed by atoms with Crippen LogP contribution >= 0.6 is 0 Å². The Labute approximate surface area is 148 Å². The summed E-state index contributed by atoms with van der Waals surface area (Å²) in [5, 5.41) is 14.4. The summed E-state index contributed by atoms with van der Waals surface area (Å²) in [7, 11) is 0. The minimum absolute atomic E-state index is 0.144. The van der Waals surface area contributed by atoms with Gasteiger partial charge in [-0.3, -0.25) is 15.0 Å². The molecule has 132 valence electrons. The van der Waals surface area contributed by atoms with E-state index in [2.05, 4.69) is 47.5 Å². The third kappa shape index (κ3) is 4.87. The number of piperidine rings is 1. The predicted octanol–water partition coefficient (Wildman–Crippen LogP) is 3.91. The van der Waals surface area contributed by atoms with E-state index in [4.69, 9.17) is 0 Å². The topological polar surface area (TPSA) is 58.4 Å². The molecule has 1 N–H and O–H groups in total. The summed E-state index contributed by atoms with van der Waals surface area (Å²) in [6, 6.07) is 18.2. The van der Waals surface area contributed by atoms with Gasteiger partial charge >= 0.3 is 0 Å². The second-order valence-electron chi connectivity index (χ2n) is 6.77. The zero-order valence-electron chi connectivity index (χ0n) is 14.6. The predicted molar refractivity (Wildman–Crippen MR) is 99.4 cm³/mol. The van der Waals surface area contributed by atoms with E-state index < -0.39 is 0 Å². The molecule has 3 rings (SSSR count). The number of nitrogens with one attached hydrogen (secondary N) is 1. The van der Waals surface area contributed by atoms with E-state index in [0.29, 0.717) is 6.04 Å². The molecule has 0 bridgehead atoms. The highest BCUT2D eigenvalue weighted by Crippen LogP contribution is 2.21. The van der Waals surface area contributed by atoms with E-state index in [0.717, 1.165) is 38.0 Å². The number of non-ortho nitro benzene ring substituents is 1. The molecule has 0 radical (unpaired) electrons. The van der Waals surface area contributed by atoms with Crippen molar-refractivity contribution in [2.24, 2.45) is 0 Å². The molecule has 0 aromatic heterocycles. The summed E-state index contributed by atoms with van der Waals surface area (Å²) in [5.74, 6) is 0. The molecule has 0 spiro atoms. The summed E-state index contributed by atoms with van der Waals surface area (Å²) in [6.45, 7) is 5.34. The van der Waals surface area contributed by atoms with Gasteiger partial charge in [0.05, 0.1) is 4.92 Å². The monoisotopic (exact) mass is 339 g/mol. The smallest absolute Gasteiger partial charge is 0.269 e. The van der Waals surface area contributed by atoms with Gasteiger partial charge in [-0.1, -0.05) is 42.5 Å². The number of hydrogen-bond donors (Lipinski definition) is 1. The van der Waals surface area contributed by atoms with E-state index in [9.17, 15) is 10.1 Å². The highest BCUT2D eigenvalue weighted by atomic mass is 16.6. The third-order valence-electron chi connectivity index (χ3n) is 4.93. The molecule has 25 heavy (non-hydrogen) atoms. The molecule has 1 aliphatic heterocycles. The molecule has 0 aliphatic carbocycles. The molecule has 1 fully saturated rings. The van der Waals surface area contributed by atoms with Crippen molar-refractivity contribution in [2.75, 3.05) is 13.1 Å². The molecule has 0 amide bonds. The van der Waals surface area contributed by atoms with Crippen molar-refractivity contribution in [3.05, 3.63) is 75.8 Å². The molecule has 1 unspecified atom stereocenters.